The maximum absolute atomic E-state index is 12.0. The minimum atomic E-state index is -1.79. The number of carbonyl (C=O) groups excluding carboxylic acids is 1. The van der Waals surface area contributed by atoms with Crippen LogP contribution >= 0.6 is 78.9 Å². The van der Waals surface area contributed by atoms with Crippen molar-refractivity contribution >= 4 is 95.6 Å². The Hall–Kier alpha value is 0.0100. The fourth-order valence-electron chi connectivity index (χ4n) is 1.84. The van der Waals surface area contributed by atoms with E-state index in [0.29, 0.717) is 26.8 Å². The molecule has 1 rings (SSSR count). The van der Waals surface area contributed by atoms with Gasteiger partial charge in [0.15, 0.2) is 5.11 Å². The molecule has 146 valence electrons. The highest BCUT2D eigenvalue weighted by Gasteiger charge is 2.34. The number of thiocarbonyl (C=S) groups is 1. The largest absolute Gasteiger partial charge is 0.497 e. The molecule has 0 fully saturated rings. The highest BCUT2D eigenvalue weighted by atomic mass is 79.9. The zero-order valence-corrected chi connectivity index (χ0v) is 20.2. The Labute approximate surface area is 190 Å². The van der Waals surface area contributed by atoms with Crippen LogP contribution in [0, 0.1) is 0 Å². The van der Waals surface area contributed by atoms with Crippen LogP contribution in [0.15, 0.2) is 21.1 Å². The monoisotopic (exact) mass is 567 g/mol. The van der Waals surface area contributed by atoms with Gasteiger partial charge >= 0.3 is 0 Å². The first-order valence-electron chi connectivity index (χ1n) is 7.55. The molecule has 0 heterocycles. The van der Waals surface area contributed by atoms with Crippen LogP contribution in [-0.2, 0) is 4.79 Å². The number of halogens is 5. The predicted molar refractivity (Wildman–Crippen MR) is 119 cm³/mol. The fourth-order valence-corrected chi connectivity index (χ4v) is 3.73. The molecule has 0 spiro atoms. The van der Waals surface area contributed by atoms with E-state index < -0.39 is 9.96 Å². The van der Waals surface area contributed by atoms with Gasteiger partial charge in [-0.25, -0.2) is 0 Å². The smallest absolute Gasteiger partial charge is 0.228 e. The van der Waals surface area contributed by atoms with Crippen molar-refractivity contribution < 1.29 is 9.53 Å². The number of alkyl halides is 3. The van der Waals surface area contributed by atoms with Crippen molar-refractivity contribution in [3.05, 3.63) is 21.1 Å². The van der Waals surface area contributed by atoms with Gasteiger partial charge < -0.3 is 20.7 Å². The Kier molecular flexibility index (Phi) is 10.3. The van der Waals surface area contributed by atoms with E-state index in [1.54, 1.807) is 19.2 Å². The van der Waals surface area contributed by atoms with Crippen molar-refractivity contribution in [1.29, 1.82) is 0 Å². The molecule has 3 N–H and O–H groups in total. The molecule has 11 heteroatoms. The van der Waals surface area contributed by atoms with Crippen molar-refractivity contribution in [2.24, 2.45) is 0 Å². The third kappa shape index (κ3) is 7.94. The van der Waals surface area contributed by atoms with Crippen LogP contribution in [0.4, 0.5) is 5.69 Å². The average Bonchev–Trinajstić information content (AvgIpc) is 2.54. The zero-order valence-electron chi connectivity index (χ0n) is 14.0. The first-order valence-corrected chi connectivity index (χ1v) is 10.7. The minimum absolute atomic E-state index is 0.170. The molecule has 0 saturated heterocycles. The molecule has 0 aliphatic rings. The number of hydrogen-bond acceptors (Lipinski definition) is 3. The summed E-state index contributed by atoms with van der Waals surface area (Å²) in [5, 5.41) is 8.62. The van der Waals surface area contributed by atoms with Gasteiger partial charge in [0, 0.05) is 15.4 Å². The van der Waals surface area contributed by atoms with Gasteiger partial charge in [-0.2, -0.15) is 0 Å². The molecule has 26 heavy (non-hydrogen) atoms. The van der Waals surface area contributed by atoms with Crippen molar-refractivity contribution in [2.75, 3.05) is 12.4 Å². The Morgan fingerprint density at radius 1 is 1.27 bits per heavy atom. The lowest BCUT2D eigenvalue weighted by atomic mass is 10.2. The first-order chi connectivity index (χ1) is 12.1. The van der Waals surface area contributed by atoms with Crippen molar-refractivity contribution in [3.8, 4) is 5.75 Å². The topological polar surface area (TPSA) is 62.4 Å². The van der Waals surface area contributed by atoms with Gasteiger partial charge in [0.2, 0.25) is 9.70 Å². The third-order valence-corrected chi connectivity index (χ3v) is 5.28. The Balaban J connectivity index is 2.83. The second-order valence-electron chi connectivity index (χ2n) is 5.21. The molecule has 0 bridgehead atoms. The van der Waals surface area contributed by atoms with Gasteiger partial charge in [-0.3, -0.25) is 4.79 Å². The maximum Gasteiger partial charge on any atom is 0.228 e. The summed E-state index contributed by atoms with van der Waals surface area (Å²) in [4.78, 5) is 12.0. The van der Waals surface area contributed by atoms with E-state index in [-0.39, 0.29) is 11.0 Å². The molecule has 1 unspecified atom stereocenters. The molecular formula is C15H18Br2Cl3N3O2S. The molecule has 1 aromatic rings. The molecule has 0 aromatic heterocycles. The number of hydrogen-bond donors (Lipinski definition) is 3. The summed E-state index contributed by atoms with van der Waals surface area (Å²) in [6.07, 6.45) is 0.976. The predicted octanol–water partition coefficient (Wildman–Crippen LogP) is 5.51. The van der Waals surface area contributed by atoms with Gasteiger partial charge in [-0.05, 0) is 62.6 Å². The zero-order chi connectivity index (χ0) is 19.9. The molecule has 1 atom stereocenters. The normalized spacial score (nSPS) is 12.3. The van der Waals surface area contributed by atoms with Gasteiger partial charge in [0.1, 0.15) is 11.9 Å². The number of ether oxygens (including phenoxy) is 1. The second kappa shape index (κ2) is 11.1. The Morgan fingerprint density at radius 2 is 1.85 bits per heavy atom. The number of anilines is 1. The number of rotatable bonds is 7. The lowest BCUT2D eigenvalue weighted by molar-refractivity contribution is -0.122. The van der Waals surface area contributed by atoms with Crippen LogP contribution in [0.2, 0.25) is 0 Å². The average molecular weight is 571 g/mol. The van der Waals surface area contributed by atoms with E-state index >= 15 is 0 Å². The summed E-state index contributed by atoms with van der Waals surface area (Å²) in [7, 11) is 1.57. The summed E-state index contributed by atoms with van der Waals surface area (Å²) in [6, 6.07) is 3.54. The van der Waals surface area contributed by atoms with Crippen molar-refractivity contribution in [3.63, 3.8) is 0 Å². The van der Waals surface area contributed by atoms with Crippen LogP contribution in [-0.4, -0.2) is 28.1 Å². The van der Waals surface area contributed by atoms with Crippen molar-refractivity contribution in [1.82, 2.24) is 10.6 Å². The molecule has 1 aromatic carbocycles. The first kappa shape index (κ1) is 24.0. The van der Waals surface area contributed by atoms with Crippen LogP contribution < -0.4 is 20.7 Å². The molecule has 0 saturated carbocycles. The quantitative estimate of drug-likeness (QED) is 0.229. The number of benzene rings is 1. The van der Waals surface area contributed by atoms with E-state index in [9.17, 15) is 4.79 Å². The highest BCUT2D eigenvalue weighted by molar-refractivity contribution is 9.11. The number of methoxy groups -OCH3 is 1. The summed E-state index contributed by atoms with van der Waals surface area (Å²) in [5.74, 6) is 0.431. The van der Waals surface area contributed by atoms with Crippen LogP contribution in [0.5, 0.6) is 5.75 Å². The van der Waals surface area contributed by atoms with Gasteiger partial charge in [-0.1, -0.05) is 48.1 Å². The van der Waals surface area contributed by atoms with Crippen LogP contribution in [0.25, 0.3) is 0 Å². The number of carbonyl (C=O) groups is 1. The van der Waals surface area contributed by atoms with Crippen LogP contribution in [0.1, 0.15) is 26.2 Å². The summed E-state index contributed by atoms with van der Waals surface area (Å²) < 4.78 is 4.82. The van der Waals surface area contributed by atoms with E-state index in [4.69, 9.17) is 51.8 Å². The van der Waals surface area contributed by atoms with E-state index in [0.717, 1.165) is 12.8 Å². The van der Waals surface area contributed by atoms with Gasteiger partial charge in [0.25, 0.3) is 0 Å². The molecular weight excluding hydrogens is 552 g/mol. The van der Waals surface area contributed by atoms with Crippen molar-refractivity contribution in [2.45, 2.75) is 36.1 Å². The van der Waals surface area contributed by atoms with E-state index in [2.05, 4.69) is 47.8 Å². The third-order valence-electron chi connectivity index (χ3n) is 3.16. The molecule has 5 nitrogen and oxygen atoms in total. The van der Waals surface area contributed by atoms with Gasteiger partial charge in [-0.15, -0.1) is 0 Å². The maximum atomic E-state index is 12.0. The molecule has 0 aliphatic carbocycles. The minimum Gasteiger partial charge on any atom is -0.497 e. The standard InChI is InChI=1S/C15H18Br2Cl3N3O2S/c1-3-4-5-11(24)21-13(15(18,19)20)23-14(26)22-12-9(16)6-8(25-2)7-10(12)17/h6-7,13H,3-5H2,1-2H3,(H,21,24)(H2,22,23,26). The summed E-state index contributed by atoms with van der Waals surface area (Å²) in [6.45, 7) is 1.99. The molecule has 0 aliphatic heterocycles. The Morgan fingerprint density at radius 3 is 2.31 bits per heavy atom. The highest BCUT2D eigenvalue weighted by Crippen LogP contribution is 2.35. The lowest BCUT2D eigenvalue weighted by Crippen LogP contribution is -2.56. The summed E-state index contributed by atoms with van der Waals surface area (Å²) >= 11 is 30.0. The number of amides is 1. The Bertz CT molecular complexity index is 637. The molecule has 0 radical (unpaired) electrons. The summed E-state index contributed by atoms with van der Waals surface area (Å²) in [5.41, 5.74) is 0.656. The van der Waals surface area contributed by atoms with Crippen LogP contribution in [0.3, 0.4) is 0 Å². The van der Waals surface area contributed by atoms with E-state index in [1.165, 1.54) is 0 Å². The second-order valence-corrected chi connectivity index (χ2v) is 9.70. The SMILES string of the molecule is CCCCC(=O)NC(NC(=S)Nc1c(Br)cc(OC)cc1Br)C(Cl)(Cl)Cl. The number of nitrogens with one attached hydrogen (secondary N) is 3. The fraction of sp³-hybridized carbons (Fsp3) is 0.467. The lowest BCUT2D eigenvalue weighted by Gasteiger charge is -2.28. The number of unbranched alkanes of at least 4 members (excludes halogenated alkanes) is 1. The van der Waals surface area contributed by atoms with E-state index in [1.807, 2.05) is 6.92 Å². The molecule has 1 amide bonds. The van der Waals surface area contributed by atoms with Gasteiger partial charge in [0.05, 0.1) is 12.8 Å².